The molecule has 0 fully saturated rings. The molecular weight excluding hydrogens is 290 g/mol. The Morgan fingerprint density at radius 1 is 1.05 bits per heavy atom. The van der Waals surface area contributed by atoms with Crippen molar-refractivity contribution in [3.05, 3.63) is 64.3 Å². The monoisotopic (exact) mass is 303 g/mol. The lowest BCUT2D eigenvalue weighted by Crippen LogP contribution is -2.31. The average Bonchev–Trinajstić information content (AvgIpc) is 2.78. The van der Waals surface area contributed by atoms with Crippen LogP contribution in [0.3, 0.4) is 0 Å². The second-order valence-corrected chi connectivity index (χ2v) is 6.44. The van der Waals surface area contributed by atoms with Gasteiger partial charge in [-0.1, -0.05) is 18.2 Å². The van der Waals surface area contributed by atoms with Crippen LogP contribution in [0.5, 0.6) is 0 Å². The number of rotatable bonds is 2. The Labute approximate surface area is 121 Å². The molecular formula is C14H13N3O3S. The molecule has 1 aliphatic heterocycles. The average molecular weight is 303 g/mol. The Bertz CT molecular complexity index is 936. The van der Waals surface area contributed by atoms with Crippen LogP contribution in [0.4, 0.5) is 5.69 Å². The second kappa shape index (κ2) is 4.37. The summed E-state index contributed by atoms with van der Waals surface area (Å²) in [4.78, 5) is 6.26. The summed E-state index contributed by atoms with van der Waals surface area (Å²) in [7, 11) is -4.58. The van der Waals surface area contributed by atoms with Crippen LogP contribution in [0.1, 0.15) is 11.1 Å². The third kappa shape index (κ3) is 2.10. The number of hydrogen-bond acceptors (Lipinski definition) is 5. The molecule has 3 rings (SSSR count). The molecule has 1 aliphatic rings. The molecule has 108 valence electrons. The predicted molar refractivity (Wildman–Crippen MR) is 77.6 cm³/mol. The first-order chi connectivity index (χ1) is 9.82. The summed E-state index contributed by atoms with van der Waals surface area (Å²) in [5.41, 5.74) is 7.26. The lowest BCUT2D eigenvalue weighted by molar-refractivity contribution is 0.433. The zero-order chi connectivity index (χ0) is 15.3. The Morgan fingerprint density at radius 2 is 1.67 bits per heavy atom. The van der Waals surface area contributed by atoms with Crippen molar-refractivity contribution >= 4 is 15.8 Å². The van der Waals surface area contributed by atoms with Gasteiger partial charge in [-0.25, -0.2) is 9.98 Å². The number of benzene rings is 2. The first-order valence-corrected chi connectivity index (χ1v) is 7.65. The van der Waals surface area contributed by atoms with Crippen molar-refractivity contribution in [3.63, 3.8) is 0 Å². The normalized spacial score (nSPS) is 20.5. The summed E-state index contributed by atoms with van der Waals surface area (Å²) in [6, 6.07) is 11.3. The molecule has 7 heteroatoms. The van der Waals surface area contributed by atoms with Crippen molar-refractivity contribution in [2.75, 3.05) is 5.73 Å². The van der Waals surface area contributed by atoms with Gasteiger partial charge in [0.2, 0.25) is 0 Å². The van der Waals surface area contributed by atoms with E-state index in [0.717, 1.165) is 5.56 Å². The van der Waals surface area contributed by atoms with E-state index in [0.29, 0.717) is 16.4 Å². The molecule has 3 N–H and O–H groups in total. The van der Waals surface area contributed by atoms with Crippen LogP contribution in [-0.4, -0.2) is 13.0 Å². The van der Waals surface area contributed by atoms with Crippen LogP contribution in [0.25, 0.3) is 0 Å². The van der Waals surface area contributed by atoms with E-state index in [2.05, 4.69) is 9.98 Å². The molecule has 1 atom stereocenters. The van der Waals surface area contributed by atoms with E-state index in [9.17, 15) is 13.0 Å². The highest BCUT2D eigenvalue weighted by Crippen LogP contribution is 2.33. The van der Waals surface area contributed by atoms with Gasteiger partial charge in [-0.3, -0.25) is 4.55 Å². The Hall–Kier alpha value is -2.25. The fraction of sp³-hybridized carbons (Fsp3) is 0.143. The van der Waals surface area contributed by atoms with Gasteiger partial charge < -0.3 is 5.73 Å². The number of anilines is 1. The van der Waals surface area contributed by atoms with Gasteiger partial charge in [0.1, 0.15) is 0 Å². The molecule has 1 unspecified atom stereocenters. The minimum Gasteiger partial charge on any atom is -0.399 e. The number of nitrogens with two attached hydrogens (primary N) is 1. The molecule has 2 aromatic rings. The molecule has 0 aromatic heterocycles. The van der Waals surface area contributed by atoms with E-state index in [1.54, 1.807) is 30.3 Å². The van der Waals surface area contributed by atoms with Gasteiger partial charge in [-0.2, -0.15) is 8.42 Å². The van der Waals surface area contributed by atoms with Crippen molar-refractivity contribution in [2.45, 2.75) is 11.9 Å². The highest BCUT2D eigenvalue weighted by Gasteiger charge is 2.46. The third-order valence-corrected chi connectivity index (χ3v) is 4.46. The van der Waals surface area contributed by atoms with Gasteiger partial charge in [0.25, 0.3) is 0 Å². The maximum Gasteiger partial charge on any atom is 0.317 e. The standard InChI is InChI=1S/C14H13N3O3S/c1-9-2-7-12-13(8-9)17-14(16-12,21(18,19)20)10-3-5-11(15)6-4-10/h2-8H,15H2,1H3,(H,18,19,20). The molecule has 0 bridgehead atoms. The van der Waals surface area contributed by atoms with Crippen molar-refractivity contribution in [1.82, 2.24) is 0 Å². The number of hydrogen-bond donors (Lipinski definition) is 2. The molecule has 6 nitrogen and oxygen atoms in total. The van der Waals surface area contributed by atoms with Crippen LogP contribution in [-0.2, 0) is 15.1 Å². The smallest absolute Gasteiger partial charge is 0.317 e. The van der Waals surface area contributed by atoms with Crippen molar-refractivity contribution < 1.29 is 13.0 Å². The van der Waals surface area contributed by atoms with Crippen LogP contribution in [0.2, 0.25) is 0 Å². The third-order valence-electron chi connectivity index (χ3n) is 3.32. The zero-order valence-electron chi connectivity index (χ0n) is 11.2. The summed E-state index contributed by atoms with van der Waals surface area (Å²) >= 11 is 0. The molecule has 0 aliphatic carbocycles. The Balaban J connectivity index is 2.35. The van der Waals surface area contributed by atoms with Crippen LogP contribution in [0.15, 0.2) is 52.4 Å². The summed E-state index contributed by atoms with van der Waals surface area (Å²) in [5, 5.41) is 0.861. The van der Waals surface area contributed by atoms with E-state index in [-0.39, 0.29) is 5.56 Å². The maximum atomic E-state index is 11.9. The summed E-state index contributed by atoms with van der Waals surface area (Å²) in [5.74, 6) is 0. The second-order valence-electron chi connectivity index (χ2n) is 4.92. The van der Waals surface area contributed by atoms with Gasteiger partial charge in [0.05, 0.1) is 10.7 Å². The minimum absolute atomic E-state index is 0.244. The van der Waals surface area contributed by atoms with Crippen LogP contribution in [0, 0.1) is 6.92 Å². The van der Waals surface area contributed by atoms with E-state index in [1.165, 1.54) is 12.1 Å². The first kappa shape index (κ1) is 13.7. The highest BCUT2D eigenvalue weighted by molar-refractivity contribution is 7.86. The molecule has 0 amide bonds. The molecule has 2 aromatic carbocycles. The number of nitrogens with zero attached hydrogens (tertiary/aromatic N) is 2. The molecule has 0 saturated carbocycles. The number of fused-ring (bicyclic) bond motifs is 1. The van der Waals surface area contributed by atoms with Crippen molar-refractivity contribution in [2.24, 2.45) is 9.98 Å². The number of aryl methyl sites for hydroxylation is 1. The van der Waals surface area contributed by atoms with Crippen LogP contribution < -0.4 is 16.4 Å². The van der Waals surface area contributed by atoms with Gasteiger partial charge >= 0.3 is 15.1 Å². The summed E-state index contributed by atoms with van der Waals surface area (Å²) < 4.78 is 33.5. The Morgan fingerprint density at radius 3 is 2.29 bits per heavy atom. The van der Waals surface area contributed by atoms with Gasteiger partial charge in [-0.15, -0.1) is 0 Å². The lowest BCUT2D eigenvalue weighted by Gasteiger charge is -2.19. The molecule has 21 heavy (non-hydrogen) atoms. The summed E-state index contributed by atoms with van der Waals surface area (Å²) in [6.07, 6.45) is 0. The zero-order valence-corrected chi connectivity index (χ0v) is 12.0. The minimum atomic E-state index is -4.58. The van der Waals surface area contributed by atoms with E-state index in [1.807, 2.05) is 6.92 Å². The predicted octanol–water partition coefficient (Wildman–Crippen LogP) is 0.528. The number of nitrogen functional groups attached to an aromatic ring is 1. The van der Waals surface area contributed by atoms with Crippen LogP contribution >= 0.6 is 0 Å². The summed E-state index contributed by atoms with van der Waals surface area (Å²) in [6.45, 7) is 1.87. The fourth-order valence-corrected chi connectivity index (χ4v) is 3.12. The fourth-order valence-electron chi connectivity index (χ4n) is 2.26. The SMILES string of the molecule is Cc1ccc2c(c1)=NC(c1ccc(N)cc1)(S(=O)(=O)O)N=2. The molecule has 0 radical (unpaired) electrons. The molecule has 0 saturated heterocycles. The molecule has 1 heterocycles. The topological polar surface area (TPSA) is 105 Å². The van der Waals surface area contributed by atoms with Gasteiger partial charge in [0, 0.05) is 11.3 Å². The maximum absolute atomic E-state index is 11.9. The largest absolute Gasteiger partial charge is 0.399 e. The quantitative estimate of drug-likeness (QED) is 0.623. The lowest BCUT2D eigenvalue weighted by atomic mass is 10.1. The Kier molecular flexibility index (Phi) is 2.86. The van der Waals surface area contributed by atoms with E-state index < -0.39 is 15.1 Å². The van der Waals surface area contributed by atoms with E-state index in [4.69, 9.17) is 5.73 Å². The van der Waals surface area contributed by atoms with Gasteiger partial charge in [-0.05, 0) is 36.8 Å². The van der Waals surface area contributed by atoms with E-state index >= 15 is 0 Å². The van der Waals surface area contributed by atoms with Gasteiger partial charge in [0.15, 0.2) is 0 Å². The van der Waals surface area contributed by atoms with Crippen molar-refractivity contribution in [1.29, 1.82) is 0 Å². The first-order valence-electron chi connectivity index (χ1n) is 6.21. The molecule has 0 spiro atoms. The van der Waals surface area contributed by atoms with Crippen molar-refractivity contribution in [3.8, 4) is 0 Å². The highest BCUT2D eigenvalue weighted by atomic mass is 32.2.